The normalized spacial score (nSPS) is 19.6. The van der Waals surface area contributed by atoms with Gasteiger partial charge in [-0.25, -0.2) is 29.3 Å². The molecule has 0 saturated heterocycles. The molecular formula is C27H28O7. The van der Waals surface area contributed by atoms with Gasteiger partial charge in [0.15, 0.2) is 12.2 Å². The Balaban J connectivity index is 1.30. The predicted molar refractivity (Wildman–Crippen MR) is 123 cm³/mol. The smallest absolute Gasteiger partial charge is 0.165 e. The van der Waals surface area contributed by atoms with Crippen molar-refractivity contribution in [2.45, 2.75) is 38.1 Å². The number of hydrogen-bond donors (Lipinski definition) is 0. The Bertz CT molecular complexity index is 966. The van der Waals surface area contributed by atoms with Crippen molar-refractivity contribution in [3.63, 3.8) is 0 Å². The SMILES string of the molecule is C1=C[C@@H](OOCc2ccccc2)[C@H](OOCc2ccccc2)[C@@H](COOCc2ccccc2)O1. The Kier molecular flexibility index (Phi) is 9.65. The van der Waals surface area contributed by atoms with E-state index >= 15 is 0 Å². The first-order valence-corrected chi connectivity index (χ1v) is 11.1. The number of ether oxygens (including phenoxy) is 1. The molecule has 3 atom stereocenters. The first-order valence-electron chi connectivity index (χ1n) is 11.1. The van der Waals surface area contributed by atoms with Crippen molar-refractivity contribution >= 4 is 0 Å². The van der Waals surface area contributed by atoms with E-state index < -0.39 is 18.3 Å². The minimum atomic E-state index is -0.648. The lowest BCUT2D eigenvalue weighted by Gasteiger charge is -2.32. The third-order valence-electron chi connectivity index (χ3n) is 5.09. The van der Waals surface area contributed by atoms with Gasteiger partial charge in [-0.05, 0) is 22.8 Å². The van der Waals surface area contributed by atoms with Gasteiger partial charge in [-0.15, -0.1) is 0 Å². The van der Waals surface area contributed by atoms with Gasteiger partial charge in [-0.3, -0.25) is 0 Å². The summed E-state index contributed by atoms with van der Waals surface area (Å²) in [7, 11) is 0. The zero-order valence-corrected chi connectivity index (χ0v) is 18.7. The van der Waals surface area contributed by atoms with E-state index in [2.05, 4.69) is 0 Å². The van der Waals surface area contributed by atoms with E-state index in [0.29, 0.717) is 13.2 Å². The van der Waals surface area contributed by atoms with E-state index in [-0.39, 0.29) is 13.2 Å². The van der Waals surface area contributed by atoms with Crippen molar-refractivity contribution in [3.8, 4) is 0 Å². The first-order chi connectivity index (χ1) is 16.9. The van der Waals surface area contributed by atoms with Crippen LogP contribution >= 0.6 is 0 Å². The summed E-state index contributed by atoms with van der Waals surface area (Å²) in [5.74, 6) is 0. The lowest BCUT2D eigenvalue weighted by molar-refractivity contribution is -0.410. The summed E-state index contributed by atoms with van der Waals surface area (Å²) in [6.45, 7) is 0.996. The van der Waals surface area contributed by atoms with Crippen molar-refractivity contribution in [2.75, 3.05) is 6.61 Å². The second-order valence-electron chi connectivity index (χ2n) is 7.65. The van der Waals surface area contributed by atoms with E-state index in [0.717, 1.165) is 16.7 Å². The van der Waals surface area contributed by atoms with Gasteiger partial charge in [0.1, 0.15) is 32.5 Å². The molecule has 0 N–H and O–H groups in total. The highest BCUT2D eigenvalue weighted by Gasteiger charge is 2.37. The fraction of sp³-hybridized carbons (Fsp3) is 0.259. The molecule has 3 aromatic carbocycles. The monoisotopic (exact) mass is 464 g/mol. The lowest BCUT2D eigenvalue weighted by Crippen LogP contribution is -2.46. The van der Waals surface area contributed by atoms with Crippen LogP contribution in [0.15, 0.2) is 103 Å². The fourth-order valence-corrected chi connectivity index (χ4v) is 3.27. The summed E-state index contributed by atoms with van der Waals surface area (Å²) >= 11 is 0. The largest absolute Gasteiger partial charge is 0.493 e. The summed E-state index contributed by atoms with van der Waals surface area (Å²) in [6.07, 6.45) is 1.49. The highest BCUT2D eigenvalue weighted by atomic mass is 17.2. The van der Waals surface area contributed by atoms with E-state index in [4.69, 9.17) is 34.1 Å². The molecule has 7 heteroatoms. The van der Waals surface area contributed by atoms with E-state index in [1.807, 2.05) is 91.0 Å². The summed E-state index contributed by atoms with van der Waals surface area (Å²) < 4.78 is 5.71. The van der Waals surface area contributed by atoms with E-state index in [1.54, 1.807) is 12.3 Å². The second-order valence-corrected chi connectivity index (χ2v) is 7.65. The van der Waals surface area contributed by atoms with Crippen molar-refractivity contribution < 1.29 is 34.1 Å². The Hall–Kier alpha value is -3.04. The van der Waals surface area contributed by atoms with Crippen LogP contribution in [0.25, 0.3) is 0 Å². The fourth-order valence-electron chi connectivity index (χ4n) is 3.27. The third kappa shape index (κ3) is 7.78. The van der Waals surface area contributed by atoms with Crippen LogP contribution in [0.2, 0.25) is 0 Å². The Morgan fingerprint density at radius 3 is 1.62 bits per heavy atom. The maximum Gasteiger partial charge on any atom is 0.165 e. The standard InChI is InChI=1S/C27H28O7/c1-4-10-22(11-5-1)18-29-30-21-26-27(34-32-20-24-14-8-3-9-15-24)25(16-17-28-26)33-31-19-23-12-6-2-7-13-23/h1-17,25-27H,18-21H2/t25-,26-,27+/m1/s1. The zero-order valence-electron chi connectivity index (χ0n) is 18.7. The molecule has 1 heterocycles. The summed E-state index contributed by atoms with van der Waals surface area (Å²) in [5.41, 5.74) is 2.97. The van der Waals surface area contributed by atoms with Gasteiger partial charge in [0.2, 0.25) is 0 Å². The van der Waals surface area contributed by atoms with Crippen LogP contribution in [0.5, 0.6) is 0 Å². The Morgan fingerprint density at radius 1 is 0.559 bits per heavy atom. The topological polar surface area (TPSA) is 64.6 Å². The number of rotatable bonds is 13. The maximum atomic E-state index is 5.71. The van der Waals surface area contributed by atoms with E-state index in [9.17, 15) is 0 Å². The van der Waals surface area contributed by atoms with E-state index in [1.165, 1.54) is 0 Å². The van der Waals surface area contributed by atoms with Crippen LogP contribution in [0.4, 0.5) is 0 Å². The minimum absolute atomic E-state index is 0.106. The lowest BCUT2D eigenvalue weighted by atomic mass is 10.1. The van der Waals surface area contributed by atoms with Gasteiger partial charge in [0.05, 0.1) is 6.26 Å². The minimum Gasteiger partial charge on any atom is -0.493 e. The molecule has 0 bridgehead atoms. The molecule has 7 nitrogen and oxygen atoms in total. The summed E-state index contributed by atoms with van der Waals surface area (Å²) in [4.78, 5) is 33.1. The highest BCUT2D eigenvalue weighted by Crippen LogP contribution is 2.21. The molecule has 4 rings (SSSR count). The molecule has 0 amide bonds. The van der Waals surface area contributed by atoms with Gasteiger partial charge >= 0.3 is 0 Å². The molecule has 0 aromatic heterocycles. The van der Waals surface area contributed by atoms with Gasteiger partial charge in [0, 0.05) is 0 Å². The predicted octanol–water partition coefficient (Wildman–Crippen LogP) is 5.08. The Morgan fingerprint density at radius 2 is 1.06 bits per heavy atom. The quantitative estimate of drug-likeness (QED) is 0.199. The van der Waals surface area contributed by atoms with Gasteiger partial charge in [-0.1, -0.05) is 91.0 Å². The van der Waals surface area contributed by atoms with Crippen LogP contribution in [-0.2, 0) is 53.9 Å². The van der Waals surface area contributed by atoms with Crippen LogP contribution in [-0.4, -0.2) is 24.9 Å². The highest BCUT2D eigenvalue weighted by molar-refractivity contribution is 5.14. The van der Waals surface area contributed by atoms with Crippen LogP contribution in [0.1, 0.15) is 16.7 Å². The number of hydrogen-bond acceptors (Lipinski definition) is 7. The molecular weight excluding hydrogens is 436 g/mol. The van der Waals surface area contributed by atoms with Crippen LogP contribution < -0.4 is 0 Å². The second kappa shape index (κ2) is 13.6. The molecule has 0 unspecified atom stereocenters. The Labute approximate surface area is 199 Å². The van der Waals surface area contributed by atoms with Gasteiger partial charge in [0.25, 0.3) is 0 Å². The van der Waals surface area contributed by atoms with Crippen molar-refractivity contribution in [1.82, 2.24) is 0 Å². The van der Waals surface area contributed by atoms with Crippen molar-refractivity contribution in [3.05, 3.63) is 120 Å². The molecule has 1 aliphatic heterocycles. The van der Waals surface area contributed by atoms with Gasteiger partial charge < -0.3 is 4.74 Å². The molecule has 34 heavy (non-hydrogen) atoms. The molecule has 0 fully saturated rings. The molecule has 3 aromatic rings. The van der Waals surface area contributed by atoms with Gasteiger partial charge in [-0.2, -0.15) is 0 Å². The molecule has 0 saturated carbocycles. The van der Waals surface area contributed by atoms with Crippen molar-refractivity contribution in [2.24, 2.45) is 0 Å². The van der Waals surface area contributed by atoms with Crippen LogP contribution in [0.3, 0.4) is 0 Å². The number of benzene rings is 3. The zero-order chi connectivity index (χ0) is 23.3. The first kappa shape index (κ1) is 24.1. The summed E-state index contributed by atoms with van der Waals surface area (Å²) in [6, 6.07) is 29.2. The summed E-state index contributed by atoms with van der Waals surface area (Å²) in [5, 5.41) is 0. The maximum absolute atomic E-state index is 5.71. The average Bonchev–Trinajstić information content (AvgIpc) is 2.89. The molecule has 0 radical (unpaired) electrons. The van der Waals surface area contributed by atoms with Crippen molar-refractivity contribution in [1.29, 1.82) is 0 Å². The molecule has 0 spiro atoms. The molecule has 0 aliphatic carbocycles. The van der Waals surface area contributed by atoms with Crippen LogP contribution in [0, 0.1) is 0 Å². The molecule has 1 aliphatic rings. The molecule has 178 valence electrons. The average molecular weight is 465 g/mol. The third-order valence-corrected chi connectivity index (χ3v) is 5.09.